The fraction of sp³-hybridized carbons (Fsp3) is 0.562. The van der Waals surface area contributed by atoms with Gasteiger partial charge in [-0.2, -0.15) is 0 Å². The van der Waals surface area contributed by atoms with Gasteiger partial charge in [0.15, 0.2) is 0 Å². The van der Waals surface area contributed by atoms with Gasteiger partial charge in [-0.25, -0.2) is 4.98 Å². The molecule has 22 heavy (non-hydrogen) atoms. The molecule has 118 valence electrons. The van der Waals surface area contributed by atoms with Crippen LogP contribution >= 0.6 is 0 Å². The quantitative estimate of drug-likeness (QED) is 0.751. The number of likely N-dealkylation sites (tertiary alicyclic amines) is 1. The number of aromatic nitrogens is 1. The SMILES string of the molecule is O=C1CCC(=O)N1CCCN1CCN(c2ccccn2)CC1. The number of carbonyl (C=O) groups is 2. The number of pyridine rings is 1. The highest BCUT2D eigenvalue weighted by atomic mass is 16.2. The summed E-state index contributed by atoms with van der Waals surface area (Å²) in [6.07, 6.45) is 3.47. The predicted molar refractivity (Wildman–Crippen MR) is 83.5 cm³/mol. The number of carbonyl (C=O) groups excluding carboxylic acids is 2. The van der Waals surface area contributed by atoms with Crippen LogP contribution in [0, 0.1) is 0 Å². The van der Waals surface area contributed by atoms with E-state index < -0.39 is 0 Å². The normalized spacial score (nSPS) is 20.0. The maximum absolute atomic E-state index is 11.5. The molecule has 2 saturated heterocycles. The van der Waals surface area contributed by atoms with Crippen LogP contribution in [0.5, 0.6) is 0 Å². The maximum atomic E-state index is 11.5. The maximum Gasteiger partial charge on any atom is 0.229 e. The molecule has 0 aromatic carbocycles. The molecule has 1 aromatic rings. The molecule has 2 aliphatic heterocycles. The van der Waals surface area contributed by atoms with E-state index in [2.05, 4.69) is 14.8 Å². The Morgan fingerprint density at radius 3 is 2.32 bits per heavy atom. The molecule has 0 bridgehead atoms. The van der Waals surface area contributed by atoms with Crippen molar-refractivity contribution >= 4 is 17.6 Å². The first-order chi connectivity index (χ1) is 10.7. The van der Waals surface area contributed by atoms with E-state index in [0.29, 0.717) is 19.4 Å². The van der Waals surface area contributed by atoms with Gasteiger partial charge in [0.2, 0.25) is 11.8 Å². The number of piperazine rings is 1. The van der Waals surface area contributed by atoms with Crippen molar-refractivity contribution in [2.45, 2.75) is 19.3 Å². The molecule has 0 radical (unpaired) electrons. The molecule has 6 heteroatoms. The van der Waals surface area contributed by atoms with E-state index in [-0.39, 0.29) is 11.8 Å². The van der Waals surface area contributed by atoms with E-state index >= 15 is 0 Å². The number of rotatable bonds is 5. The molecule has 6 nitrogen and oxygen atoms in total. The second-order valence-electron chi connectivity index (χ2n) is 5.81. The van der Waals surface area contributed by atoms with E-state index in [9.17, 15) is 9.59 Å². The van der Waals surface area contributed by atoms with Crippen molar-refractivity contribution in [2.24, 2.45) is 0 Å². The van der Waals surface area contributed by atoms with Crippen LogP contribution in [-0.4, -0.2) is 65.9 Å². The number of nitrogens with zero attached hydrogens (tertiary/aromatic N) is 4. The summed E-state index contributed by atoms with van der Waals surface area (Å²) in [7, 11) is 0. The summed E-state index contributed by atoms with van der Waals surface area (Å²) in [5.41, 5.74) is 0. The van der Waals surface area contributed by atoms with Gasteiger partial charge in [-0.1, -0.05) is 6.07 Å². The zero-order valence-corrected chi connectivity index (χ0v) is 12.8. The van der Waals surface area contributed by atoms with Gasteiger partial charge < -0.3 is 4.90 Å². The summed E-state index contributed by atoms with van der Waals surface area (Å²) in [6.45, 7) is 5.44. The third kappa shape index (κ3) is 3.44. The van der Waals surface area contributed by atoms with Crippen molar-refractivity contribution in [1.29, 1.82) is 0 Å². The largest absolute Gasteiger partial charge is 0.354 e. The molecular weight excluding hydrogens is 280 g/mol. The van der Waals surface area contributed by atoms with Gasteiger partial charge in [0.25, 0.3) is 0 Å². The molecule has 3 rings (SSSR count). The molecular formula is C16H22N4O2. The molecule has 2 fully saturated rings. The summed E-state index contributed by atoms with van der Waals surface area (Å²) in [6, 6.07) is 5.99. The Hall–Kier alpha value is -1.95. The van der Waals surface area contributed by atoms with Crippen molar-refractivity contribution in [1.82, 2.24) is 14.8 Å². The van der Waals surface area contributed by atoms with Crippen LogP contribution in [0.25, 0.3) is 0 Å². The first kappa shape index (κ1) is 15.0. The van der Waals surface area contributed by atoms with Gasteiger partial charge in [-0.15, -0.1) is 0 Å². The molecule has 3 heterocycles. The van der Waals surface area contributed by atoms with E-state index in [1.807, 2.05) is 24.4 Å². The Bertz CT molecular complexity index is 510. The fourth-order valence-electron chi connectivity index (χ4n) is 3.07. The van der Waals surface area contributed by atoms with Crippen LogP contribution in [0.1, 0.15) is 19.3 Å². The Labute approximate surface area is 130 Å². The van der Waals surface area contributed by atoms with Crippen LogP contribution in [-0.2, 0) is 9.59 Å². The zero-order valence-electron chi connectivity index (χ0n) is 12.8. The van der Waals surface area contributed by atoms with E-state index in [1.165, 1.54) is 4.90 Å². The van der Waals surface area contributed by atoms with Gasteiger partial charge >= 0.3 is 0 Å². The molecule has 2 amide bonds. The van der Waals surface area contributed by atoms with E-state index in [4.69, 9.17) is 0 Å². The van der Waals surface area contributed by atoms with Gasteiger partial charge in [0.05, 0.1) is 0 Å². The number of amides is 2. The van der Waals surface area contributed by atoms with Crippen LogP contribution in [0.15, 0.2) is 24.4 Å². The van der Waals surface area contributed by atoms with Crippen LogP contribution in [0.2, 0.25) is 0 Å². The Morgan fingerprint density at radius 1 is 0.955 bits per heavy atom. The van der Waals surface area contributed by atoms with Crippen molar-refractivity contribution < 1.29 is 9.59 Å². The standard InChI is InChI=1S/C16H22N4O2/c21-15-5-6-16(22)20(15)9-3-8-18-10-12-19(13-11-18)14-4-1-2-7-17-14/h1-2,4,7H,3,5-6,8-13H2. The average Bonchev–Trinajstić information content (AvgIpc) is 2.88. The second-order valence-corrected chi connectivity index (χ2v) is 5.81. The lowest BCUT2D eigenvalue weighted by molar-refractivity contribution is -0.138. The Balaban J connectivity index is 1.39. The molecule has 0 aliphatic carbocycles. The van der Waals surface area contributed by atoms with Crippen molar-refractivity contribution in [2.75, 3.05) is 44.2 Å². The fourth-order valence-corrected chi connectivity index (χ4v) is 3.07. The third-order valence-electron chi connectivity index (χ3n) is 4.36. The first-order valence-corrected chi connectivity index (χ1v) is 7.95. The summed E-state index contributed by atoms with van der Waals surface area (Å²) in [4.78, 5) is 33.6. The van der Waals surface area contributed by atoms with Crippen LogP contribution < -0.4 is 4.90 Å². The minimum atomic E-state index is -0.00929. The number of hydrogen-bond donors (Lipinski definition) is 0. The monoisotopic (exact) mass is 302 g/mol. The van der Waals surface area contributed by atoms with Crippen molar-refractivity contribution in [3.05, 3.63) is 24.4 Å². The molecule has 0 atom stereocenters. The summed E-state index contributed by atoms with van der Waals surface area (Å²) < 4.78 is 0. The van der Waals surface area contributed by atoms with Crippen molar-refractivity contribution in [3.63, 3.8) is 0 Å². The Kier molecular flexibility index (Phi) is 4.68. The Morgan fingerprint density at radius 2 is 1.68 bits per heavy atom. The molecule has 1 aromatic heterocycles. The predicted octanol–water partition coefficient (Wildman–Crippen LogP) is 0.743. The number of hydrogen-bond acceptors (Lipinski definition) is 5. The second kappa shape index (κ2) is 6.87. The minimum Gasteiger partial charge on any atom is -0.354 e. The summed E-state index contributed by atoms with van der Waals surface area (Å²) >= 11 is 0. The van der Waals surface area contributed by atoms with Gasteiger partial charge in [-0.3, -0.25) is 19.4 Å². The summed E-state index contributed by atoms with van der Waals surface area (Å²) in [5.74, 6) is 1.02. The average molecular weight is 302 g/mol. The van der Waals surface area contributed by atoms with Gasteiger partial charge in [0.1, 0.15) is 5.82 Å². The van der Waals surface area contributed by atoms with Crippen LogP contribution in [0.4, 0.5) is 5.82 Å². The number of anilines is 1. The molecule has 0 spiro atoms. The first-order valence-electron chi connectivity index (χ1n) is 7.95. The molecule has 0 N–H and O–H groups in total. The lowest BCUT2D eigenvalue weighted by Crippen LogP contribution is -2.47. The smallest absolute Gasteiger partial charge is 0.229 e. The minimum absolute atomic E-state index is 0.00929. The molecule has 0 saturated carbocycles. The van der Waals surface area contributed by atoms with E-state index in [0.717, 1.165) is 45.0 Å². The topological polar surface area (TPSA) is 56.8 Å². The molecule has 2 aliphatic rings. The zero-order chi connectivity index (χ0) is 15.4. The number of imide groups is 1. The van der Waals surface area contributed by atoms with Crippen LogP contribution in [0.3, 0.4) is 0 Å². The molecule has 0 unspecified atom stereocenters. The highest BCUT2D eigenvalue weighted by molar-refractivity contribution is 6.01. The lowest BCUT2D eigenvalue weighted by atomic mass is 10.2. The highest BCUT2D eigenvalue weighted by Crippen LogP contribution is 2.14. The third-order valence-corrected chi connectivity index (χ3v) is 4.36. The summed E-state index contributed by atoms with van der Waals surface area (Å²) in [5, 5.41) is 0. The van der Waals surface area contributed by atoms with Crippen molar-refractivity contribution in [3.8, 4) is 0 Å². The van der Waals surface area contributed by atoms with Gasteiger partial charge in [-0.05, 0) is 25.1 Å². The highest BCUT2D eigenvalue weighted by Gasteiger charge is 2.28. The van der Waals surface area contributed by atoms with E-state index in [1.54, 1.807) is 0 Å². The van der Waals surface area contributed by atoms with Gasteiger partial charge in [0, 0.05) is 51.8 Å². The lowest BCUT2D eigenvalue weighted by Gasteiger charge is -2.35.